The maximum Gasteiger partial charge on any atom is 0.243 e. The van der Waals surface area contributed by atoms with Crippen LogP contribution in [0.15, 0.2) is 51.9 Å². The Labute approximate surface area is 171 Å². The first-order valence-electron chi connectivity index (χ1n) is 9.83. The van der Waals surface area contributed by atoms with E-state index in [0.29, 0.717) is 29.7 Å². The maximum absolute atomic E-state index is 13.2. The average molecular weight is 412 g/mol. The Balaban J connectivity index is 1.57. The van der Waals surface area contributed by atoms with Crippen LogP contribution in [0.2, 0.25) is 0 Å². The summed E-state index contributed by atoms with van der Waals surface area (Å²) in [5.41, 5.74) is 4.05. The van der Waals surface area contributed by atoms with Gasteiger partial charge in [0.15, 0.2) is 0 Å². The highest BCUT2D eigenvalue weighted by atomic mass is 32.2. The molecule has 0 bridgehead atoms. The van der Waals surface area contributed by atoms with Gasteiger partial charge in [-0.15, -0.1) is 0 Å². The quantitative estimate of drug-likeness (QED) is 0.642. The van der Waals surface area contributed by atoms with Gasteiger partial charge in [0.1, 0.15) is 0 Å². The molecule has 2 heterocycles. The molecule has 4 rings (SSSR count). The highest BCUT2D eigenvalue weighted by molar-refractivity contribution is 7.89. The van der Waals surface area contributed by atoms with E-state index in [2.05, 4.69) is 10.1 Å². The number of hydrogen-bond acceptors (Lipinski definition) is 5. The van der Waals surface area contributed by atoms with Crippen molar-refractivity contribution in [1.29, 1.82) is 0 Å². The van der Waals surface area contributed by atoms with Gasteiger partial charge in [0.25, 0.3) is 0 Å². The van der Waals surface area contributed by atoms with Crippen LogP contribution in [0.1, 0.15) is 41.3 Å². The fraction of sp³-hybridized carbons (Fsp3) is 0.364. The van der Waals surface area contributed by atoms with Crippen molar-refractivity contribution in [1.82, 2.24) is 14.4 Å². The summed E-state index contributed by atoms with van der Waals surface area (Å²) in [5, 5.41) is 4.14. The zero-order valence-electron chi connectivity index (χ0n) is 16.9. The third-order valence-electron chi connectivity index (χ3n) is 5.68. The van der Waals surface area contributed by atoms with E-state index in [1.807, 2.05) is 51.1 Å². The van der Waals surface area contributed by atoms with E-state index in [0.717, 1.165) is 35.1 Å². The Kier molecular flexibility index (Phi) is 5.27. The molecule has 6 nitrogen and oxygen atoms in total. The van der Waals surface area contributed by atoms with Gasteiger partial charge in [-0.1, -0.05) is 35.5 Å². The van der Waals surface area contributed by atoms with E-state index < -0.39 is 10.0 Å². The molecule has 7 heteroatoms. The van der Waals surface area contributed by atoms with Crippen molar-refractivity contribution in [3.05, 3.63) is 65.0 Å². The zero-order valence-corrected chi connectivity index (χ0v) is 17.7. The Morgan fingerprint density at radius 2 is 1.83 bits per heavy atom. The van der Waals surface area contributed by atoms with Gasteiger partial charge in [-0.2, -0.15) is 9.29 Å². The molecule has 0 amide bonds. The van der Waals surface area contributed by atoms with Crippen LogP contribution >= 0.6 is 0 Å². The lowest BCUT2D eigenvalue weighted by Gasteiger charge is -2.30. The molecule has 3 aromatic rings. The van der Waals surface area contributed by atoms with Gasteiger partial charge < -0.3 is 4.52 Å². The van der Waals surface area contributed by atoms with E-state index in [1.54, 1.807) is 16.4 Å². The number of sulfonamides is 1. The largest absolute Gasteiger partial charge is 0.339 e. The van der Waals surface area contributed by atoms with Crippen molar-refractivity contribution >= 4 is 10.0 Å². The zero-order chi connectivity index (χ0) is 20.6. The fourth-order valence-corrected chi connectivity index (χ4v) is 5.33. The van der Waals surface area contributed by atoms with E-state index in [9.17, 15) is 8.42 Å². The van der Waals surface area contributed by atoms with Gasteiger partial charge in [0, 0.05) is 18.7 Å². The highest BCUT2D eigenvalue weighted by Gasteiger charge is 2.33. The molecule has 1 aliphatic rings. The molecular weight excluding hydrogens is 386 g/mol. The van der Waals surface area contributed by atoms with Crippen LogP contribution < -0.4 is 0 Å². The Morgan fingerprint density at radius 1 is 1.03 bits per heavy atom. The monoisotopic (exact) mass is 411 g/mol. The molecule has 1 aliphatic heterocycles. The minimum absolute atomic E-state index is 0.102. The van der Waals surface area contributed by atoms with Crippen molar-refractivity contribution in [2.75, 3.05) is 13.1 Å². The summed E-state index contributed by atoms with van der Waals surface area (Å²) in [6.07, 6.45) is 1.59. The molecule has 0 aliphatic carbocycles. The summed E-state index contributed by atoms with van der Waals surface area (Å²) in [4.78, 5) is 4.92. The summed E-state index contributed by atoms with van der Waals surface area (Å²) < 4.78 is 33.4. The molecular formula is C22H25N3O3S. The average Bonchev–Trinajstić information content (AvgIpc) is 3.20. The first-order chi connectivity index (χ1) is 13.9. The van der Waals surface area contributed by atoms with Gasteiger partial charge in [-0.05, 0) is 62.4 Å². The summed E-state index contributed by atoms with van der Waals surface area (Å²) in [7, 11) is -3.55. The minimum Gasteiger partial charge on any atom is -0.339 e. The lowest BCUT2D eigenvalue weighted by Crippen LogP contribution is -2.39. The summed E-state index contributed by atoms with van der Waals surface area (Å²) >= 11 is 0. The van der Waals surface area contributed by atoms with Crippen LogP contribution in [0.25, 0.3) is 11.4 Å². The number of hydrogen-bond donors (Lipinski definition) is 0. The van der Waals surface area contributed by atoms with Crippen LogP contribution in [0.3, 0.4) is 0 Å². The lowest BCUT2D eigenvalue weighted by atomic mass is 10.00. The van der Waals surface area contributed by atoms with Crippen LogP contribution in [-0.4, -0.2) is 36.0 Å². The predicted octanol–water partition coefficient (Wildman–Crippen LogP) is 4.23. The number of aryl methyl sites for hydroxylation is 3. The van der Waals surface area contributed by atoms with Gasteiger partial charge in [0.2, 0.25) is 21.7 Å². The van der Waals surface area contributed by atoms with Crippen molar-refractivity contribution in [2.24, 2.45) is 0 Å². The molecule has 0 saturated carbocycles. The number of benzene rings is 2. The highest BCUT2D eigenvalue weighted by Crippen LogP contribution is 2.31. The van der Waals surface area contributed by atoms with Gasteiger partial charge in [-0.25, -0.2) is 8.42 Å². The Hall–Kier alpha value is -2.51. The number of rotatable bonds is 4. The van der Waals surface area contributed by atoms with Gasteiger partial charge in [0.05, 0.1) is 10.8 Å². The molecule has 1 unspecified atom stereocenters. The smallest absolute Gasteiger partial charge is 0.243 e. The molecule has 0 radical (unpaired) electrons. The van der Waals surface area contributed by atoms with Crippen molar-refractivity contribution < 1.29 is 12.9 Å². The molecule has 2 aromatic carbocycles. The Bertz CT molecular complexity index is 1140. The van der Waals surface area contributed by atoms with Gasteiger partial charge in [-0.3, -0.25) is 0 Å². The number of aromatic nitrogens is 2. The molecule has 0 N–H and O–H groups in total. The molecule has 1 aromatic heterocycles. The van der Waals surface area contributed by atoms with Crippen LogP contribution in [0, 0.1) is 20.8 Å². The lowest BCUT2D eigenvalue weighted by molar-refractivity contribution is 0.265. The standard InChI is InChI=1S/C22H25N3O3S/c1-15-10-11-19(13-17(15)3)29(26,27)25-12-6-8-18(14-25)22-23-21(24-28-22)20-9-5-4-7-16(20)2/h4-5,7,9-11,13,18H,6,8,12,14H2,1-3H3. The SMILES string of the molecule is Cc1ccc(S(=O)(=O)N2CCCC(c3nc(-c4ccccc4C)no3)C2)cc1C. The second-order valence-corrected chi connectivity index (χ2v) is 9.66. The molecule has 29 heavy (non-hydrogen) atoms. The normalized spacial score (nSPS) is 18.1. The van der Waals surface area contributed by atoms with Crippen molar-refractivity contribution in [3.63, 3.8) is 0 Å². The Morgan fingerprint density at radius 3 is 2.59 bits per heavy atom. The summed E-state index contributed by atoms with van der Waals surface area (Å²) in [6.45, 7) is 6.77. The fourth-order valence-electron chi connectivity index (χ4n) is 3.72. The van der Waals surface area contributed by atoms with Crippen molar-refractivity contribution in [2.45, 2.75) is 44.4 Å². The minimum atomic E-state index is -3.55. The molecule has 1 atom stereocenters. The van der Waals surface area contributed by atoms with Crippen LogP contribution in [0.5, 0.6) is 0 Å². The summed E-state index contributed by atoms with van der Waals surface area (Å²) in [6, 6.07) is 13.2. The first kappa shape index (κ1) is 19.8. The number of nitrogens with zero attached hydrogens (tertiary/aromatic N) is 3. The maximum atomic E-state index is 13.2. The van der Waals surface area contributed by atoms with Crippen molar-refractivity contribution in [3.8, 4) is 11.4 Å². The third-order valence-corrected chi connectivity index (χ3v) is 7.54. The van der Waals surface area contributed by atoms with E-state index in [1.165, 1.54) is 0 Å². The van der Waals surface area contributed by atoms with E-state index in [-0.39, 0.29) is 5.92 Å². The van der Waals surface area contributed by atoms with Crippen LogP contribution in [0.4, 0.5) is 0 Å². The van der Waals surface area contributed by atoms with E-state index in [4.69, 9.17) is 4.52 Å². The summed E-state index contributed by atoms with van der Waals surface area (Å²) in [5.74, 6) is 0.950. The molecule has 1 saturated heterocycles. The predicted molar refractivity (Wildman–Crippen MR) is 111 cm³/mol. The topological polar surface area (TPSA) is 76.3 Å². The molecule has 152 valence electrons. The van der Waals surface area contributed by atoms with E-state index >= 15 is 0 Å². The molecule has 0 spiro atoms. The van der Waals surface area contributed by atoms with Gasteiger partial charge >= 0.3 is 0 Å². The first-order valence-corrected chi connectivity index (χ1v) is 11.3. The molecule has 1 fully saturated rings. The second kappa shape index (κ2) is 7.72. The second-order valence-electron chi connectivity index (χ2n) is 7.72. The third kappa shape index (κ3) is 3.84. The van der Waals surface area contributed by atoms with Crippen LogP contribution in [-0.2, 0) is 10.0 Å². The number of piperidine rings is 1.